The molecular formula is C28H28N2O3S. The number of aryl methyl sites for hydroxylation is 1. The summed E-state index contributed by atoms with van der Waals surface area (Å²) < 4.78 is 0. The molecule has 34 heavy (non-hydrogen) atoms. The van der Waals surface area contributed by atoms with Gasteiger partial charge < -0.3 is 16.2 Å². The molecule has 0 aliphatic rings. The Bertz CT molecular complexity index is 1320. The largest absolute Gasteiger partial charge is 0.481 e. The van der Waals surface area contributed by atoms with Crippen LogP contribution in [-0.2, 0) is 22.6 Å². The highest BCUT2D eigenvalue weighted by Crippen LogP contribution is 2.34. The molecule has 0 fully saturated rings. The summed E-state index contributed by atoms with van der Waals surface area (Å²) in [5, 5.41) is 17.0. The van der Waals surface area contributed by atoms with E-state index >= 15 is 0 Å². The summed E-state index contributed by atoms with van der Waals surface area (Å²) in [6, 6.07) is 22.1. The third kappa shape index (κ3) is 5.19. The van der Waals surface area contributed by atoms with Gasteiger partial charge in [-0.15, -0.1) is 11.3 Å². The number of aliphatic carboxylic acids is 1. The molecule has 1 unspecified atom stereocenters. The average molecular weight is 473 g/mol. The summed E-state index contributed by atoms with van der Waals surface area (Å²) in [6.45, 7) is 2.30. The molecule has 1 aromatic heterocycles. The number of benzene rings is 3. The summed E-state index contributed by atoms with van der Waals surface area (Å²) in [7, 11) is 0. The van der Waals surface area contributed by atoms with Gasteiger partial charge in [0.1, 0.15) is 0 Å². The molecule has 0 bridgehead atoms. The Kier molecular flexibility index (Phi) is 7.40. The maximum atomic E-state index is 13.1. The molecule has 4 N–H and O–H groups in total. The standard InChI is InChI=1S/C28H28N2O3S/c1-18(22-12-4-8-19-7-2-3-11-23(19)22)28(33)30-26-15-21(17-34-26)24-13-5-9-20(25(24)16-29)10-6-14-27(31)32/h2-5,7-9,11-13,15,17-18H,6,10,14,16,29H2,1H3,(H,30,33)(H,31,32). The van der Waals surface area contributed by atoms with Crippen LogP contribution in [0.1, 0.15) is 42.4 Å². The lowest BCUT2D eigenvalue weighted by Crippen LogP contribution is -2.18. The number of hydrogen-bond donors (Lipinski definition) is 3. The Morgan fingerprint density at radius 2 is 1.82 bits per heavy atom. The molecule has 1 heterocycles. The van der Waals surface area contributed by atoms with Crippen LogP contribution in [-0.4, -0.2) is 17.0 Å². The van der Waals surface area contributed by atoms with Crippen molar-refractivity contribution in [2.75, 3.05) is 5.32 Å². The number of amides is 1. The minimum absolute atomic E-state index is 0.0498. The Morgan fingerprint density at radius 3 is 2.62 bits per heavy atom. The van der Waals surface area contributed by atoms with Crippen molar-refractivity contribution in [3.05, 3.63) is 88.8 Å². The Hall–Kier alpha value is -3.48. The smallest absolute Gasteiger partial charge is 0.303 e. The molecule has 0 radical (unpaired) electrons. The number of nitrogens with one attached hydrogen (secondary N) is 1. The third-order valence-corrected chi connectivity index (χ3v) is 7.00. The molecule has 1 atom stereocenters. The van der Waals surface area contributed by atoms with E-state index in [2.05, 4.69) is 23.5 Å². The van der Waals surface area contributed by atoms with E-state index in [1.165, 1.54) is 11.3 Å². The summed E-state index contributed by atoms with van der Waals surface area (Å²) in [5.41, 5.74) is 11.2. The highest BCUT2D eigenvalue weighted by molar-refractivity contribution is 7.14. The van der Waals surface area contributed by atoms with E-state index in [1.807, 2.05) is 60.8 Å². The third-order valence-electron chi connectivity index (χ3n) is 6.15. The van der Waals surface area contributed by atoms with Gasteiger partial charge in [0.25, 0.3) is 0 Å². The fraction of sp³-hybridized carbons (Fsp3) is 0.214. The number of nitrogens with two attached hydrogens (primary N) is 1. The molecule has 3 aromatic carbocycles. The summed E-state index contributed by atoms with van der Waals surface area (Å²) >= 11 is 1.49. The number of carbonyl (C=O) groups excluding carboxylic acids is 1. The average Bonchev–Trinajstić information content (AvgIpc) is 3.31. The van der Waals surface area contributed by atoms with Gasteiger partial charge in [-0.25, -0.2) is 0 Å². The summed E-state index contributed by atoms with van der Waals surface area (Å²) in [6.07, 6.45) is 1.38. The van der Waals surface area contributed by atoms with Crippen molar-refractivity contribution in [2.24, 2.45) is 5.73 Å². The van der Waals surface area contributed by atoms with E-state index in [4.69, 9.17) is 10.8 Å². The van der Waals surface area contributed by atoms with Gasteiger partial charge in [0, 0.05) is 18.3 Å². The second-order valence-corrected chi connectivity index (χ2v) is 9.28. The number of carboxylic acids is 1. The summed E-state index contributed by atoms with van der Waals surface area (Å²) in [4.78, 5) is 23.9. The number of fused-ring (bicyclic) bond motifs is 1. The van der Waals surface area contributed by atoms with Crippen molar-refractivity contribution >= 4 is 39.0 Å². The first-order valence-corrected chi connectivity index (χ1v) is 12.3. The normalized spacial score (nSPS) is 11.9. The zero-order chi connectivity index (χ0) is 24.1. The van der Waals surface area contributed by atoms with Gasteiger partial charge in [-0.2, -0.15) is 0 Å². The molecule has 0 saturated heterocycles. The van der Waals surface area contributed by atoms with Crippen molar-refractivity contribution in [3.8, 4) is 11.1 Å². The van der Waals surface area contributed by atoms with E-state index in [0.717, 1.165) is 43.6 Å². The zero-order valence-corrected chi connectivity index (χ0v) is 19.9. The molecule has 174 valence electrons. The number of hydrogen-bond acceptors (Lipinski definition) is 4. The van der Waals surface area contributed by atoms with Crippen molar-refractivity contribution in [1.82, 2.24) is 0 Å². The lowest BCUT2D eigenvalue weighted by molar-refractivity contribution is -0.137. The molecule has 4 aromatic rings. The van der Waals surface area contributed by atoms with E-state index < -0.39 is 5.97 Å². The highest BCUT2D eigenvalue weighted by Gasteiger charge is 2.19. The van der Waals surface area contributed by atoms with Gasteiger partial charge in [-0.3, -0.25) is 9.59 Å². The zero-order valence-electron chi connectivity index (χ0n) is 19.1. The van der Waals surface area contributed by atoms with Crippen molar-refractivity contribution < 1.29 is 14.7 Å². The van der Waals surface area contributed by atoms with Crippen LogP contribution in [0.5, 0.6) is 0 Å². The maximum Gasteiger partial charge on any atom is 0.303 e. The van der Waals surface area contributed by atoms with E-state index in [9.17, 15) is 9.59 Å². The van der Waals surface area contributed by atoms with Gasteiger partial charge in [0.15, 0.2) is 0 Å². The van der Waals surface area contributed by atoms with Crippen molar-refractivity contribution in [3.63, 3.8) is 0 Å². The van der Waals surface area contributed by atoms with Gasteiger partial charge in [0.2, 0.25) is 5.91 Å². The second-order valence-electron chi connectivity index (χ2n) is 8.37. The molecule has 4 rings (SSSR count). The predicted molar refractivity (Wildman–Crippen MR) is 139 cm³/mol. The summed E-state index contributed by atoms with van der Waals surface area (Å²) in [5.74, 6) is -1.14. The molecule has 0 aliphatic heterocycles. The Labute approximate surface area is 203 Å². The van der Waals surface area contributed by atoms with Crippen LogP contribution in [0.3, 0.4) is 0 Å². The Morgan fingerprint density at radius 1 is 1.06 bits per heavy atom. The monoisotopic (exact) mass is 472 g/mol. The minimum Gasteiger partial charge on any atom is -0.481 e. The molecule has 6 heteroatoms. The fourth-order valence-corrected chi connectivity index (χ4v) is 5.16. The van der Waals surface area contributed by atoms with E-state index in [0.29, 0.717) is 19.4 Å². The number of rotatable bonds is 9. The van der Waals surface area contributed by atoms with Crippen LogP contribution in [0.4, 0.5) is 5.00 Å². The minimum atomic E-state index is -0.790. The highest BCUT2D eigenvalue weighted by atomic mass is 32.1. The van der Waals surface area contributed by atoms with Crippen LogP contribution in [0.15, 0.2) is 72.1 Å². The predicted octanol–water partition coefficient (Wildman–Crippen LogP) is 6.18. The van der Waals surface area contributed by atoms with Crippen LogP contribution >= 0.6 is 11.3 Å². The molecule has 0 spiro atoms. The van der Waals surface area contributed by atoms with Crippen LogP contribution in [0.2, 0.25) is 0 Å². The van der Waals surface area contributed by atoms with Crippen molar-refractivity contribution in [1.29, 1.82) is 0 Å². The fourth-order valence-electron chi connectivity index (χ4n) is 4.35. The number of anilines is 1. The van der Waals surface area contributed by atoms with E-state index in [1.54, 1.807) is 0 Å². The topological polar surface area (TPSA) is 92.4 Å². The first kappa shape index (κ1) is 23.7. The Balaban J connectivity index is 1.52. The lowest BCUT2D eigenvalue weighted by atomic mass is 9.94. The van der Waals surface area contributed by atoms with Crippen LogP contribution < -0.4 is 11.1 Å². The van der Waals surface area contributed by atoms with Gasteiger partial charge >= 0.3 is 5.97 Å². The lowest BCUT2D eigenvalue weighted by Gasteiger charge is -2.14. The van der Waals surface area contributed by atoms with Gasteiger partial charge in [-0.1, -0.05) is 60.7 Å². The molecule has 0 saturated carbocycles. The molecule has 0 aliphatic carbocycles. The number of carboxylic acid groups (broad SMARTS) is 1. The molecule has 5 nitrogen and oxygen atoms in total. The molecule has 1 amide bonds. The first-order valence-electron chi connectivity index (χ1n) is 11.4. The second kappa shape index (κ2) is 10.6. The van der Waals surface area contributed by atoms with Gasteiger partial charge in [-0.05, 0) is 64.4 Å². The van der Waals surface area contributed by atoms with Crippen molar-refractivity contribution in [2.45, 2.75) is 38.6 Å². The van der Waals surface area contributed by atoms with E-state index in [-0.39, 0.29) is 18.2 Å². The molecular weight excluding hydrogens is 444 g/mol. The quantitative estimate of drug-likeness (QED) is 0.271. The van der Waals surface area contributed by atoms with Crippen LogP contribution in [0.25, 0.3) is 21.9 Å². The first-order chi connectivity index (χ1) is 16.5. The SMILES string of the molecule is CC(C(=O)Nc1cc(-c2cccc(CCCC(=O)O)c2CN)cs1)c1cccc2ccccc12. The van der Waals surface area contributed by atoms with Gasteiger partial charge in [0.05, 0.1) is 10.9 Å². The number of thiophene rings is 1. The number of carbonyl (C=O) groups is 2. The van der Waals surface area contributed by atoms with Crippen LogP contribution in [0, 0.1) is 0 Å². The maximum absolute atomic E-state index is 13.1.